The van der Waals surface area contributed by atoms with E-state index in [1.54, 1.807) is 0 Å². The number of thiol groups is 1. The van der Waals surface area contributed by atoms with Gasteiger partial charge in [-0.15, -0.1) is 0 Å². The zero-order valence-electron chi connectivity index (χ0n) is 7.23. The molecule has 1 heterocycles. The van der Waals surface area contributed by atoms with Crippen LogP contribution in [0.2, 0.25) is 0 Å². The molecule has 0 aromatic rings. The van der Waals surface area contributed by atoms with Crippen LogP contribution in [0.5, 0.6) is 0 Å². The van der Waals surface area contributed by atoms with Crippen molar-refractivity contribution < 1.29 is 8.42 Å². The van der Waals surface area contributed by atoms with E-state index in [2.05, 4.69) is 17.5 Å². The first kappa shape index (κ1) is 10.3. The summed E-state index contributed by atoms with van der Waals surface area (Å²) in [7, 11) is -2.75. The Morgan fingerprint density at radius 3 is 2.75 bits per heavy atom. The average molecular weight is 209 g/mol. The van der Waals surface area contributed by atoms with Crippen LogP contribution in [0.1, 0.15) is 6.92 Å². The smallest absolute Gasteiger partial charge is 0.153 e. The maximum absolute atomic E-state index is 11.2. The summed E-state index contributed by atoms with van der Waals surface area (Å²) in [6.45, 7) is 3.52. The molecular weight excluding hydrogens is 194 g/mol. The monoisotopic (exact) mass is 209 g/mol. The molecule has 12 heavy (non-hydrogen) atoms. The molecule has 0 radical (unpaired) electrons. The van der Waals surface area contributed by atoms with E-state index in [-0.39, 0.29) is 6.04 Å². The van der Waals surface area contributed by atoms with Gasteiger partial charge in [0.1, 0.15) is 0 Å². The highest BCUT2D eigenvalue weighted by atomic mass is 32.2. The van der Waals surface area contributed by atoms with Crippen molar-refractivity contribution >= 4 is 22.5 Å². The second-order valence-corrected chi connectivity index (χ2v) is 5.90. The van der Waals surface area contributed by atoms with Crippen molar-refractivity contribution in [1.82, 2.24) is 4.90 Å². The van der Waals surface area contributed by atoms with Crippen LogP contribution in [0.25, 0.3) is 0 Å². The first-order chi connectivity index (χ1) is 5.55. The quantitative estimate of drug-likeness (QED) is 0.652. The minimum absolute atomic E-state index is 0.163. The van der Waals surface area contributed by atoms with E-state index in [0.29, 0.717) is 18.1 Å². The van der Waals surface area contributed by atoms with Gasteiger partial charge < -0.3 is 0 Å². The Balaban J connectivity index is 2.54. The van der Waals surface area contributed by atoms with E-state index in [1.165, 1.54) is 0 Å². The zero-order valence-corrected chi connectivity index (χ0v) is 8.94. The maximum Gasteiger partial charge on any atom is 0.153 e. The summed E-state index contributed by atoms with van der Waals surface area (Å²) >= 11 is 4.12. The molecule has 1 aliphatic heterocycles. The highest BCUT2D eigenvalue weighted by Gasteiger charge is 2.26. The van der Waals surface area contributed by atoms with Crippen molar-refractivity contribution in [3.05, 3.63) is 0 Å². The summed E-state index contributed by atoms with van der Waals surface area (Å²) in [4.78, 5) is 2.17. The Labute approximate surface area is 79.5 Å². The largest absolute Gasteiger partial charge is 0.298 e. The molecule has 0 aromatic carbocycles. The second kappa shape index (κ2) is 3.98. The van der Waals surface area contributed by atoms with Gasteiger partial charge in [0.2, 0.25) is 0 Å². The Kier molecular flexibility index (Phi) is 3.43. The fourth-order valence-electron chi connectivity index (χ4n) is 1.49. The lowest BCUT2D eigenvalue weighted by Gasteiger charge is -2.32. The highest BCUT2D eigenvalue weighted by Crippen LogP contribution is 2.10. The van der Waals surface area contributed by atoms with Crippen molar-refractivity contribution in [2.75, 3.05) is 30.3 Å². The van der Waals surface area contributed by atoms with Gasteiger partial charge in [-0.25, -0.2) is 8.42 Å². The topological polar surface area (TPSA) is 37.4 Å². The predicted molar refractivity (Wildman–Crippen MR) is 53.5 cm³/mol. The molecule has 5 heteroatoms. The summed E-state index contributed by atoms with van der Waals surface area (Å²) < 4.78 is 22.3. The van der Waals surface area contributed by atoms with Gasteiger partial charge in [-0.05, 0) is 6.92 Å². The lowest BCUT2D eigenvalue weighted by Crippen LogP contribution is -2.47. The molecule has 0 saturated carbocycles. The van der Waals surface area contributed by atoms with Gasteiger partial charge in [0.05, 0.1) is 11.5 Å². The summed E-state index contributed by atoms with van der Waals surface area (Å²) in [6, 6.07) is 0.163. The van der Waals surface area contributed by atoms with Gasteiger partial charge in [-0.1, -0.05) is 0 Å². The van der Waals surface area contributed by atoms with E-state index in [9.17, 15) is 8.42 Å². The molecule has 1 fully saturated rings. The Morgan fingerprint density at radius 1 is 1.58 bits per heavy atom. The van der Waals surface area contributed by atoms with Crippen LogP contribution >= 0.6 is 12.6 Å². The number of sulfone groups is 1. The Morgan fingerprint density at radius 2 is 2.25 bits per heavy atom. The number of nitrogens with zero attached hydrogens (tertiary/aromatic N) is 1. The minimum Gasteiger partial charge on any atom is -0.298 e. The van der Waals surface area contributed by atoms with Crippen LogP contribution in [-0.4, -0.2) is 49.7 Å². The van der Waals surface area contributed by atoms with Crippen molar-refractivity contribution in [2.45, 2.75) is 13.0 Å². The Bertz CT molecular complexity index is 238. The summed E-state index contributed by atoms with van der Waals surface area (Å²) in [5.74, 6) is 1.41. The van der Waals surface area contributed by atoms with E-state index >= 15 is 0 Å². The van der Waals surface area contributed by atoms with Crippen LogP contribution in [0, 0.1) is 0 Å². The fourth-order valence-corrected chi connectivity index (χ4v) is 3.38. The minimum atomic E-state index is -2.75. The third-order valence-corrected chi connectivity index (χ3v) is 4.19. The maximum atomic E-state index is 11.2. The molecule has 1 aliphatic rings. The van der Waals surface area contributed by atoms with Gasteiger partial charge in [0.25, 0.3) is 0 Å². The lowest BCUT2D eigenvalue weighted by molar-refractivity contribution is 0.241. The first-order valence-corrected chi connectivity index (χ1v) is 6.56. The Hall–Kier alpha value is 0.260. The average Bonchev–Trinajstić information content (AvgIpc) is 1.94. The third-order valence-electron chi connectivity index (χ3n) is 2.20. The van der Waals surface area contributed by atoms with Crippen LogP contribution in [-0.2, 0) is 9.84 Å². The molecule has 0 amide bonds. The molecule has 1 saturated heterocycles. The van der Waals surface area contributed by atoms with Gasteiger partial charge in [-0.3, -0.25) is 4.90 Å². The number of rotatable bonds is 2. The van der Waals surface area contributed by atoms with Gasteiger partial charge >= 0.3 is 0 Å². The molecule has 0 aromatic heterocycles. The van der Waals surface area contributed by atoms with Crippen LogP contribution < -0.4 is 0 Å². The van der Waals surface area contributed by atoms with E-state index < -0.39 is 9.84 Å². The second-order valence-electron chi connectivity index (χ2n) is 3.22. The van der Waals surface area contributed by atoms with Gasteiger partial charge in [-0.2, -0.15) is 12.6 Å². The third kappa shape index (κ3) is 2.64. The molecule has 72 valence electrons. The number of hydrogen-bond donors (Lipinski definition) is 1. The molecule has 3 nitrogen and oxygen atoms in total. The fraction of sp³-hybridized carbons (Fsp3) is 1.00. The summed E-state index contributed by atoms with van der Waals surface area (Å²) in [5, 5.41) is 0. The van der Waals surface area contributed by atoms with Gasteiger partial charge in [0, 0.05) is 24.9 Å². The summed E-state index contributed by atoms with van der Waals surface area (Å²) in [6.07, 6.45) is 0. The van der Waals surface area contributed by atoms with Gasteiger partial charge in [0.15, 0.2) is 9.84 Å². The molecule has 0 aliphatic carbocycles. The van der Waals surface area contributed by atoms with Crippen LogP contribution in [0.15, 0.2) is 0 Å². The molecular formula is C7H15NO2S2. The van der Waals surface area contributed by atoms with E-state index in [1.807, 2.05) is 6.92 Å². The van der Waals surface area contributed by atoms with E-state index in [4.69, 9.17) is 0 Å². The van der Waals surface area contributed by atoms with Crippen molar-refractivity contribution in [3.63, 3.8) is 0 Å². The predicted octanol–water partition coefficient (Wildman–Crippen LogP) is 0.0351. The van der Waals surface area contributed by atoms with Crippen molar-refractivity contribution in [1.29, 1.82) is 0 Å². The normalized spacial score (nSPS) is 30.3. The molecule has 1 unspecified atom stereocenters. The van der Waals surface area contributed by atoms with E-state index in [0.717, 1.165) is 12.3 Å². The summed E-state index contributed by atoms with van der Waals surface area (Å²) in [5.41, 5.74) is 0. The molecule has 0 bridgehead atoms. The lowest BCUT2D eigenvalue weighted by atomic mass is 10.3. The molecule has 0 N–H and O–H groups in total. The van der Waals surface area contributed by atoms with Crippen LogP contribution in [0.4, 0.5) is 0 Å². The van der Waals surface area contributed by atoms with Crippen LogP contribution in [0.3, 0.4) is 0 Å². The molecule has 1 rings (SSSR count). The van der Waals surface area contributed by atoms with Crippen molar-refractivity contribution in [3.8, 4) is 0 Å². The number of hydrogen-bond acceptors (Lipinski definition) is 4. The zero-order chi connectivity index (χ0) is 9.19. The SMILES string of the molecule is CC1CS(=O)(=O)CCN1CCS. The molecule has 1 atom stereocenters. The van der Waals surface area contributed by atoms with Crippen molar-refractivity contribution in [2.24, 2.45) is 0 Å². The molecule has 0 spiro atoms. The first-order valence-electron chi connectivity index (χ1n) is 4.10. The highest BCUT2D eigenvalue weighted by molar-refractivity contribution is 7.91. The standard InChI is InChI=1S/C7H15NO2S2/c1-7-6-12(9,10)5-3-8(7)2-4-11/h7,11H,2-6H2,1H3.